The van der Waals surface area contributed by atoms with Crippen molar-refractivity contribution < 1.29 is 8.78 Å². The highest BCUT2D eigenvalue weighted by Gasteiger charge is 2.18. The fourth-order valence-corrected chi connectivity index (χ4v) is 1.70. The molecule has 13 heavy (non-hydrogen) atoms. The summed E-state index contributed by atoms with van der Waals surface area (Å²) < 4.78 is 26.1. The summed E-state index contributed by atoms with van der Waals surface area (Å²) in [4.78, 5) is 1.99. The minimum absolute atomic E-state index is 0.513. The third-order valence-corrected chi connectivity index (χ3v) is 2.48. The zero-order valence-electron chi connectivity index (χ0n) is 7.48. The van der Waals surface area contributed by atoms with Crippen LogP contribution in [0.2, 0.25) is 0 Å². The quantitative estimate of drug-likeness (QED) is 0.594. The highest BCUT2D eigenvalue weighted by Crippen LogP contribution is 2.22. The van der Waals surface area contributed by atoms with Crippen molar-refractivity contribution in [3.8, 4) is 0 Å². The number of halogens is 2. The Hall–Kier alpha value is -0.960. The Kier molecular flexibility index (Phi) is 2.04. The number of hydrogen-bond donors (Lipinski definition) is 0. The summed E-state index contributed by atoms with van der Waals surface area (Å²) in [7, 11) is 1.91. The molecule has 1 aromatic rings. The molecule has 1 nitrogen and oxygen atoms in total. The Morgan fingerprint density at radius 2 is 2.08 bits per heavy atom. The van der Waals surface area contributed by atoms with Crippen molar-refractivity contribution in [2.75, 3.05) is 13.6 Å². The van der Waals surface area contributed by atoms with Gasteiger partial charge in [0.1, 0.15) is 0 Å². The van der Waals surface area contributed by atoms with Crippen LogP contribution < -0.4 is 0 Å². The van der Waals surface area contributed by atoms with Crippen molar-refractivity contribution in [2.45, 2.75) is 13.0 Å². The molecule has 3 heteroatoms. The number of hydrogen-bond acceptors (Lipinski definition) is 1. The van der Waals surface area contributed by atoms with Gasteiger partial charge in [-0.2, -0.15) is 0 Å². The maximum absolute atomic E-state index is 13.3. The van der Waals surface area contributed by atoms with Crippen LogP contribution in [-0.2, 0) is 13.0 Å². The predicted molar refractivity (Wildman–Crippen MR) is 46.4 cm³/mol. The van der Waals surface area contributed by atoms with E-state index >= 15 is 0 Å². The maximum atomic E-state index is 13.3. The summed E-state index contributed by atoms with van der Waals surface area (Å²) in [5.74, 6) is -1.42. The summed E-state index contributed by atoms with van der Waals surface area (Å²) in [5, 5.41) is 0. The second-order valence-corrected chi connectivity index (χ2v) is 3.49. The van der Waals surface area contributed by atoms with Gasteiger partial charge in [0, 0.05) is 18.7 Å². The molecule has 0 fully saturated rings. The smallest absolute Gasteiger partial charge is 0.163 e. The van der Waals surface area contributed by atoms with Crippen LogP contribution >= 0.6 is 0 Å². The van der Waals surface area contributed by atoms with Gasteiger partial charge in [-0.1, -0.05) is 6.07 Å². The van der Waals surface area contributed by atoms with E-state index < -0.39 is 11.6 Å². The monoisotopic (exact) mass is 183 g/mol. The largest absolute Gasteiger partial charge is 0.302 e. The molecule has 0 aromatic heterocycles. The molecule has 1 aromatic carbocycles. The van der Waals surface area contributed by atoms with Crippen LogP contribution in [0.5, 0.6) is 0 Å². The lowest BCUT2D eigenvalue weighted by Crippen LogP contribution is -2.27. The molecule has 70 valence electrons. The SMILES string of the molecule is CN1CCc2ccc(F)c(F)c2C1. The topological polar surface area (TPSA) is 3.24 Å². The van der Waals surface area contributed by atoms with E-state index in [-0.39, 0.29) is 0 Å². The van der Waals surface area contributed by atoms with E-state index in [1.807, 2.05) is 11.9 Å². The van der Waals surface area contributed by atoms with Crippen molar-refractivity contribution in [3.05, 3.63) is 34.9 Å². The molecule has 0 atom stereocenters. The van der Waals surface area contributed by atoms with Crippen LogP contribution in [0.4, 0.5) is 8.78 Å². The zero-order valence-corrected chi connectivity index (χ0v) is 7.48. The van der Waals surface area contributed by atoms with Gasteiger partial charge in [-0.15, -0.1) is 0 Å². The van der Waals surface area contributed by atoms with Crippen molar-refractivity contribution >= 4 is 0 Å². The predicted octanol–water partition coefficient (Wildman–Crippen LogP) is 1.95. The molecular weight excluding hydrogens is 172 g/mol. The molecule has 0 spiro atoms. The Balaban J connectivity index is 2.48. The average molecular weight is 183 g/mol. The minimum Gasteiger partial charge on any atom is -0.302 e. The molecule has 1 aliphatic heterocycles. The number of benzene rings is 1. The first-order valence-electron chi connectivity index (χ1n) is 4.33. The summed E-state index contributed by atoms with van der Waals surface area (Å²) in [6.07, 6.45) is 0.809. The van der Waals surface area contributed by atoms with Gasteiger partial charge in [0.25, 0.3) is 0 Å². The van der Waals surface area contributed by atoms with Crippen LogP contribution in [0.3, 0.4) is 0 Å². The summed E-state index contributed by atoms with van der Waals surface area (Å²) in [6.45, 7) is 1.43. The standard InChI is InChI=1S/C10H11F2N/c1-13-5-4-7-2-3-9(11)10(12)8(7)6-13/h2-3H,4-6H2,1H3. The molecule has 0 bridgehead atoms. The fourth-order valence-electron chi connectivity index (χ4n) is 1.70. The molecule has 0 radical (unpaired) electrons. The molecule has 0 saturated carbocycles. The second-order valence-electron chi connectivity index (χ2n) is 3.49. The van der Waals surface area contributed by atoms with Gasteiger partial charge in [0.2, 0.25) is 0 Å². The number of likely N-dealkylation sites (N-methyl/N-ethyl adjacent to an activating group) is 1. The normalized spacial score (nSPS) is 17.2. The third kappa shape index (κ3) is 1.44. The molecule has 2 rings (SSSR count). The first-order chi connectivity index (χ1) is 6.18. The van der Waals surface area contributed by atoms with Gasteiger partial charge < -0.3 is 4.90 Å². The number of rotatable bonds is 0. The summed E-state index contributed by atoms with van der Waals surface area (Å²) >= 11 is 0. The molecule has 1 aliphatic rings. The first-order valence-corrected chi connectivity index (χ1v) is 4.33. The highest BCUT2D eigenvalue weighted by molar-refractivity contribution is 5.31. The Morgan fingerprint density at radius 3 is 2.85 bits per heavy atom. The van der Waals surface area contributed by atoms with Gasteiger partial charge in [0.15, 0.2) is 11.6 Å². The van der Waals surface area contributed by atoms with Crippen LogP contribution in [0, 0.1) is 11.6 Å². The second kappa shape index (κ2) is 3.07. The van der Waals surface area contributed by atoms with E-state index in [0.717, 1.165) is 18.5 Å². The Labute approximate surface area is 76.0 Å². The van der Waals surface area contributed by atoms with Gasteiger partial charge >= 0.3 is 0 Å². The molecular formula is C10H11F2N. The lowest BCUT2D eigenvalue weighted by atomic mass is 9.99. The Morgan fingerprint density at radius 1 is 1.31 bits per heavy atom. The third-order valence-electron chi connectivity index (χ3n) is 2.48. The number of nitrogens with zero attached hydrogens (tertiary/aromatic N) is 1. The van der Waals surface area contributed by atoms with Gasteiger partial charge in [-0.3, -0.25) is 0 Å². The molecule has 0 N–H and O–H groups in total. The summed E-state index contributed by atoms with van der Waals surface area (Å²) in [5.41, 5.74) is 1.46. The lowest BCUT2D eigenvalue weighted by molar-refractivity contribution is 0.302. The molecule has 0 unspecified atom stereocenters. The Bertz CT molecular complexity index is 336. The van der Waals surface area contributed by atoms with Gasteiger partial charge in [0.05, 0.1) is 0 Å². The van der Waals surface area contributed by atoms with E-state index in [9.17, 15) is 8.78 Å². The molecule has 0 aliphatic carbocycles. The molecule has 1 heterocycles. The lowest BCUT2D eigenvalue weighted by Gasteiger charge is -2.25. The summed E-state index contributed by atoms with van der Waals surface area (Å²) in [6, 6.07) is 2.89. The van der Waals surface area contributed by atoms with E-state index in [4.69, 9.17) is 0 Å². The minimum atomic E-state index is -0.742. The zero-order chi connectivity index (χ0) is 9.42. The van der Waals surface area contributed by atoms with E-state index in [1.165, 1.54) is 6.07 Å². The van der Waals surface area contributed by atoms with Crippen LogP contribution in [0.15, 0.2) is 12.1 Å². The first kappa shape index (κ1) is 8.63. The van der Waals surface area contributed by atoms with Crippen molar-refractivity contribution in [3.63, 3.8) is 0 Å². The van der Waals surface area contributed by atoms with Crippen LogP contribution in [0.25, 0.3) is 0 Å². The average Bonchev–Trinajstić information content (AvgIpc) is 2.12. The fraction of sp³-hybridized carbons (Fsp3) is 0.400. The van der Waals surface area contributed by atoms with E-state index in [1.54, 1.807) is 6.07 Å². The van der Waals surface area contributed by atoms with Gasteiger partial charge in [-0.25, -0.2) is 8.78 Å². The van der Waals surface area contributed by atoms with Crippen molar-refractivity contribution in [1.82, 2.24) is 4.90 Å². The van der Waals surface area contributed by atoms with Crippen LogP contribution in [0.1, 0.15) is 11.1 Å². The van der Waals surface area contributed by atoms with E-state index in [0.29, 0.717) is 12.1 Å². The van der Waals surface area contributed by atoms with E-state index in [2.05, 4.69) is 0 Å². The molecule has 0 amide bonds. The van der Waals surface area contributed by atoms with Crippen LogP contribution in [-0.4, -0.2) is 18.5 Å². The van der Waals surface area contributed by atoms with Crippen molar-refractivity contribution in [1.29, 1.82) is 0 Å². The maximum Gasteiger partial charge on any atom is 0.163 e. The highest BCUT2D eigenvalue weighted by atomic mass is 19.2. The molecule has 0 saturated heterocycles. The number of fused-ring (bicyclic) bond motifs is 1. The van der Waals surface area contributed by atoms with Crippen molar-refractivity contribution in [2.24, 2.45) is 0 Å². The van der Waals surface area contributed by atoms with Gasteiger partial charge in [-0.05, 0) is 25.1 Å².